The Balaban J connectivity index is 1.27. The van der Waals surface area contributed by atoms with E-state index in [2.05, 4.69) is 12.1 Å². The molecule has 2 fully saturated rings. The summed E-state index contributed by atoms with van der Waals surface area (Å²) in [7, 11) is -5.94. The molecule has 0 aromatic heterocycles. The van der Waals surface area contributed by atoms with Gasteiger partial charge in [0.05, 0.1) is 22.6 Å². The van der Waals surface area contributed by atoms with Gasteiger partial charge in [0.15, 0.2) is 0 Å². The van der Waals surface area contributed by atoms with Crippen LogP contribution in [0.2, 0.25) is 0 Å². The molecule has 5 rings (SSSR count). The average molecular weight is 588 g/mol. The molecule has 11 heteroatoms. The van der Waals surface area contributed by atoms with E-state index in [1.54, 1.807) is 22.5 Å². The van der Waals surface area contributed by atoms with Gasteiger partial charge in [-0.05, 0) is 73.2 Å². The van der Waals surface area contributed by atoms with Gasteiger partial charge in [-0.1, -0.05) is 30.3 Å². The first kappa shape index (κ1) is 28.5. The summed E-state index contributed by atoms with van der Waals surface area (Å²) in [5.41, 5.74) is 1.88. The molecule has 2 aliphatic heterocycles. The zero-order valence-corrected chi connectivity index (χ0v) is 24.1. The summed E-state index contributed by atoms with van der Waals surface area (Å²) in [6.45, 7) is 2.06. The number of benzene rings is 3. The lowest BCUT2D eigenvalue weighted by Crippen LogP contribution is -2.48. The number of piperazine rings is 1. The minimum atomic E-state index is -3.76. The normalized spacial score (nSPS) is 18.1. The van der Waals surface area contributed by atoms with Crippen LogP contribution in [0, 0.1) is 11.7 Å². The maximum absolute atomic E-state index is 13.6. The van der Waals surface area contributed by atoms with Gasteiger partial charge < -0.3 is 9.64 Å². The quantitative estimate of drug-likeness (QED) is 0.396. The van der Waals surface area contributed by atoms with Crippen molar-refractivity contribution in [2.45, 2.75) is 29.1 Å². The lowest BCUT2D eigenvalue weighted by atomic mass is 9.91. The van der Waals surface area contributed by atoms with Gasteiger partial charge in [-0.3, -0.25) is 0 Å². The minimum Gasteiger partial charge on any atom is -0.495 e. The molecule has 0 aliphatic carbocycles. The van der Waals surface area contributed by atoms with Crippen LogP contribution in [0.5, 0.6) is 5.75 Å². The fraction of sp³-hybridized carbons (Fsp3) is 0.379. The largest absolute Gasteiger partial charge is 0.495 e. The van der Waals surface area contributed by atoms with E-state index in [1.807, 2.05) is 23.1 Å². The minimum absolute atomic E-state index is 0.0422. The van der Waals surface area contributed by atoms with Crippen molar-refractivity contribution in [2.24, 2.45) is 5.92 Å². The van der Waals surface area contributed by atoms with Crippen LogP contribution in [0.1, 0.15) is 18.4 Å². The first-order valence-corrected chi connectivity index (χ1v) is 16.3. The monoisotopic (exact) mass is 587 g/mol. The summed E-state index contributed by atoms with van der Waals surface area (Å²) in [5.74, 6) is 0.473. The Morgan fingerprint density at radius 1 is 0.750 bits per heavy atom. The molecule has 0 spiro atoms. The summed E-state index contributed by atoms with van der Waals surface area (Å²) in [5, 5.41) is 0. The molecule has 40 heavy (non-hydrogen) atoms. The highest BCUT2D eigenvalue weighted by atomic mass is 32.2. The Kier molecular flexibility index (Phi) is 8.46. The van der Waals surface area contributed by atoms with Crippen molar-refractivity contribution in [3.63, 3.8) is 0 Å². The molecule has 2 aliphatic rings. The molecule has 0 bridgehead atoms. The van der Waals surface area contributed by atoms with Gasteiger partial charge in [-0.2, -0.15) is 8.61 Å². The Labute approximate surface area is 236 Å². The van der Waals surface area contributed by atoms with E-state index in [9.17, 15) is 21.2 Å². The van der Waals surface area contributed by atoms with E-state index in [1.165, 1.54) is 29.1 Å². The van der Waals surface area contributed by atoms with Crippen molar-refractivity contribution in [1.82, 2.24) is 8.61 Å². The van der Waals surface area contributed by atoms with Gasteiger partial charge in [0.25, 0.3) is 0 Å². The Hall–Kier alpha value is -2.99. The van der Waals surface area contributed by atoms with E-state index < -0.39 is 25.9 Å². The second-order valence-electron chi connectivity index (χ2n) is 10.2. The molecule has 2 saturated heterocycles. The van der Waals surface area contributed by atoms with Crippen molar-refractivity contribution in [2.75, 3.05) is 51.3 Å². The zero-order chi connectivity index (χ0) is 28.3. The highest BCUT2D eigenvalue weighted by Gasteiger charge is 2.32. The fourth-order valence-electron chi connectivity index (χ4n) is 5.45. The van der Waals surface area contributed by atoms with Crippen molar-refractivity contribution >= 4 is 25.7 Å². The molecule has 0 radical (unpaired) electrons. The molecule has 214 valence electrons. The second-order valence-corrected chi connectivity index (χ2v) is 14.1. The number of sulfonamides is 2. The number of ether oxygens (including phenoxy) is 1. The summed E-state index contributed by atoms with van der Waals surface area (Å²) in [6, 6.07) is 19.9. The lowest BCUT2D eigenvalue weighted by Gasteiger charge is -2.36. The smallest absolute Gasteiger partial charge is 0.243 e. The maximum atomic E-state index is 13.6. The number of halogens is 1. The van der Waals surface area contributed by atoms with E-state index >= 15 is 0 Å². The second kappa shape index (κ2) is 11.9. The first-order valence-electron chi connectivity index (χ1n) is 13.4. The molecule has 0 N–H and O–H groups in total. The molecular formula is C29H34FN3O5S2. The third-order valence-electron chi connectivity index (χ3n) is 7.76. The van der Waals surface area contributed by atoms with Gasteiger partial charge in [-0.25, -0.2) is 21.2 Å². The van der Waals surface area contributed by atoms with E-state index in [4.69, 9.17) is 4.74 Å². The topological polar surface area (TPSA) is 87.2 Å². The molecule has 0 unspecified atom stereocenters. The molecule has 0 amide bonds. The van der Waals surface area contributed by atoms with Crippen LogP contribution in [-0.2, 0) is 26.5 Å². The van der Waals surface area contributed by atoms with Crippen molar-refractivity contribution in [1.29, 1.82) is 0 Å². The van der Waals surface area contributed by atoms with Crippen LogP contribution in [0.4, 0.5) is 10.1 Å². The summed E-state index contributed by atoms with van der Waals surface area (Å²) < 4.78 is 75.0. The third-order valence-corrected chi connectivity index (χ3v) is 11.6. The van der Waals surface area contributed by atoms with Crippen LogP contribution in [0.15, 0.2) is 82.6 Å². The summed E-state index contributed by atoms with van der Waals surface area (Å²) >= 11 is 0. The Morgan fingerprint density at radius 3 is 1.95 bits per heavy atom. The lowest BCUT2D eigenvalue weighted by molar-refractivity contribution is 0.273. The van der Waals surface area contributed by atoms with E-state index in [0.717, 1.165) is 31.4 Å². The number of hydrogen-bond donors (Lipinski definition) is 0. The number of anilines is 1. The van der Waals surface area contributed by atoms with Gasteiger partial charge >= 0.3 is 0 Å². The van der Waals surface area contributed by atoms with E-state index in [-0.39, 0.29) is 22.9 Å². The molecule has 8 nitrogen and oxygen atoms in total. The number of nitrogens with zero attached hydrogens (tertiary/aromatic N) is 3. The van der Waals surface area contributed by atoms with Gasteiger partial charge in [0, 0.05) is 39.3 Å². The van der Waals surface area contributed by atoms with Crippen LogP contribution in [0.3, 0.4) is 0 Å². The van der Waals surface area contributed by atoms with Crippen molar-refractivity contribution < 1.29 is 26.0 Å². The van der Waals surface area contributed by atoms with Crippen molar-refractivity contribution in [3.05, 3.63) is 84.2 Å². The van der Waals surface area contributed by atoms with Crippen LogP contribution in [0.25, 0.3) is 0 Å². The third kappa shape index (κ3) is 6.02. The summed E-state index contributed by atoms with van der Waals surface area (Å²) in [4.78, 5) is 2.19. The molecule has 3 aromatic carbocycles. The average Bonchev–Trinajstić information content (AvgIpc) is 2.98. The van der Waals surface area contributed by atoms with E-state index in [0.29, 0.717) is 43.5 Å². The van der Waals surface area contributed by atoms with Gasteiger partial charge in [-0.15, -0.1) is 0 Å². The van der Waals surface area contributed by atoms with Crippen LogP contribution >= 0.6 is 0 Å². The maximum Gasteiger partial charge on any atom is 0.243 e. The highest BCUT2D eigenvalue weighted by molar-refractivity contribution is 7.89. The number of hydrogen-bond acceptors (Lipinski definition) is 6. The number of piperidine rings is 1. The first-order chi connectivity index (χ1) is 19.2. The molecular weight excluding hydrogens is 553 g/mol. The standard InChI is InChI=1S/C29H34FN3O5S2/c1-38-29-12-11-27(40(36,37)32-15-13-24(14-16-32)21-23-5-3-2-4-6-23)22-28(29)31-17-19-33(20-18-31)39(34,35)26-9-7-25(30)8-10-26/h2-12,22,24H,13-21H2,1H3. The fourth-order valence-corrected chi connectivity index (χ4v) is 8.37. The predicted molar refractivity (Wildman–Crippen MR) is 152 cm³/mol. The molecule has 2 heterocycles. The zero-order valence-electron chi connectivity index (χ0n) is 22.4. The van der Waals surface area contributed by atoms with Gasteiger partial charge in [0.2, 0.25) is 20.0 Å². The number of methoxy groups -OCH3 is 1. The Bertz CT molecular complexity index is 1520. The van der Waals surface area contributed by atoms with Crippen LogP contribution < -0.4 is 9.64 Å². The van der Waals surface area contributed by atoms with Crippen LogP contribution in [-0.4, -0.2) is 71.8 Å². The molecule has 0 atom stereocenters. The molecule has 3 aromatic rings. The molecule has 0 saturated carbocycles. The summed E-state index contributed by atoms with van der Waals surface area (Å²) in [6.07, 6.45) is 2.56. The Morgan fingerprint density at radius 2 is 1.32 bits per heavy atom. The van der Waals surface area contributed by atoms with Gasteiger partial charge in [0.1, 0.15) is 11.6 Å². The number of rotatable bonds is 8. The highest BCUT2D eigenvalue weighted by Crippen LogP contribution is 2.34. The SMILES string of the molecule is COc1ccc(S(=O)(=O)N2CCC(Cc3ccccc3)CC2)cc1N1CCN(S(=O)(=O)c2ccc(F)cc2)CC1. The van der Waals surface area contributed by atoms with Crippen molar-refractivity contribution in [3.8, 4) is 5.75 Å². The predicted octanol–water partition coefficient (Wildman–Crippen LogP) is 3.99.